The SMILES string of the molecule is Cn1c(Nc2ccc3[nH]ccc3c2)c(C#N)c(=O)n(C)c1=O. The first-order valence-electron chi connectivity index (χ1n) is 6.57. The van der Waals surface area contributed by atoms with Crippen molar-refractivity contribution in [3.63, 3.8) is 0 Å². The maximum atomic E-state index is 12.0. The predicted molar refractivity (Wildman–Crippen MR) is 83.2 cm³/mol. The number of anilines is 2. The normalized spacial score (nSPS) is 10.6. The van der Waals surface area contributed by atoms with Crippen molar-refractivity contribution in [2.45, 2.75) is 0 Å². The number of H-pyrrole nitrogens is 1. The van der Waals surface area contributed by atoms with E-state index in [1.54, 1.807) is 0 Å². The number of hydrogen-bond acceptors (Lipinski definition) is 4. The van der Waals surface area contributed by atoms with Crippen molar-refractivity contribution in [3.8, 4) is 6.07 Å². The standard InChI is InChI=1S/C15H13N5O2/c1-19-13(11(8-16)14(21)20(2)15(19)22)18-10-3-4-12-9(7-10)5-6-17-12/h3-7,17-18H,1-2H3. The summed E-state index contributed by atoms with van der Waals surface area (Å²) in [4.78, 5) is 27.1. The van der Waals surface area contributed by atoms with Gasteiger partial charge in [0.25, 0.3) is 5.56 Å². The van der Waals surface area contributed by atoms with Crippen molar-refractivity contribution in [2.24, 2.45) is 14.1 Å². The topological polar surface area (TPSA) is 95.6 Å². The molecular formula is C15H13N5O2. The Balaban J connectivity index is 2.18. The molecule has 0 atom stereocenters. The van der Waals surface area contributed by atoms with Crippen LogP contribution in [0.3, 0.4) is 0 Å². The van der Waals surface area contributed by atoms with Crippen molar-refractivity contribution >= 4 is 22.4 Å². The average molecular weight is 295 g/mol. The molecule has 0 unspecified atom stereocenters. The maximum Gasteiger partial charge on any atom is 0.332 e. The Kier molecular flexibility index (Phi) is 3.07. The second-order valence-corrected chi connectivity index (χ2v) is 4.95. The van der Waals surface area contributed by atoms with Crippen LogP contribution in [0.1, 0.15) is 5.56 Å². The van der Waals surface area contributed by atoms with E-state index in [1.807, 2.05) is 36.5 Å². The largest absolute Gasteiger partial charge is 0.361 e. The lowest BCUT2D eigenvalue weighted by Gasteiger charge is -2.13. The van der Waals surface area contributed by atoms with Crippen LogP contribution in [-0.4, -0.2) is 14.1 Å². The minimum Gasteiger partial charge on any atom is -0.361 e. The molecule has 7 nitrogen and oxygen atoms in total. The molecule has 7 heteroatoms. The summed E-state index contributed by atoms with van der Waals surface area (Å²) in [6.45, 7) is 0. The van der Waals surface area contributed by atoms with E-state index < -0.39 is 11.2 Å². The van der Waals surface area contributed by atoms with Crippen LogP contribution in [0.4, 0.5) is 11.5 Å². The molecule has 110 valence electrons. The number of fused-ring (bicyclic) bond motifs is 1. The Labute approximate surface area is 125 Å². The molecule has 3 aromatic rings. The van der Waals surface area contributed by atoms with Gasteiger partial charge in [-0.1, -0.05) is 0 Å². The lowest BCUT2D eigenvalue weighted by atomic mass is 10.2. The first kappa shape index (κ1) is 13.7. The molecular weight excluding hydrogens is 282 g/mol. The minimum absolute atomic E-state index is 0.0984. The Hall–Kier alpha value is -3.27. The molecule has 0 aliphatic heterocycles. The maximum absolute atomic E-state index is 12.0. The predicted octanol–water partition coefficient (Wildman–Crippen LogP) is 1.18. The van der Waals surface area contributed by atoms with Crippen molar-refractivity contribution < 1.29 is 0 Å². The summed E-state index contributed by atoms with van der Waals surface area (Å²) in [5, 5.41) is 13.2. The van der Waals surface area contributed by atoms with Gasteiger partial charge in [0.15, 0.2) is 5.56 Å². The highest BCUT2D eigenvalue weighted by Gasteiger charge is 2.15. The van der Waals surface area contributed by atoms with E-state index in [0.29, 0.717) is 5.69 Å². The van der Waals surface area contributed by atoms with Crippen LogP contribution in [0.15, 0.2) is 40.1 Å². The van der Waals surface area contributed by atoms with E-state index in [4.69, 9.17) is 0 Å². The Bertz CT molecular complexity index is 1030. The molecule has 0 amide bonds. The zero-order chi connectivity index (χ0) is 15.9. The van der Waals surface area contributed by atoms with Gasteiger partial charge in [-0.2, -0.15) is 5.26 Å². The van der Waals surface area contributed by atoms with Crippen LogP contribution in [-0.2, 0) is 14.1 Å². The highest BCUT2D eigenvalue weighted by atomic mass is 16.2. The fourth-order valence-corrected chi connectivity index (χ4v) is 2.36. The minimum atomic E-state index is -0.615. The van der Waals surface area contributed by atoms with Gasteiger partial charge in [-0.15, -0.1) is 0 Å². The fraction of sp³-hybridized carbons (Fsp3) is 0.133. The molecule has 0 aliphatic carbocycles. The van der Waals surface area contributed by atoms with E-state index in [1.165, 1.54) is 18.7 Å². The summed E-state index contributed by atoms with van der Waals surface area (Å²) in [7, 11) is 2.86. The molecule has 0 saturated carbocycles. The Morgan fingerprint density at radius 3 is 2.68 bits per heavy atom. The van der Waals surface area contributed by atoms with Gasteiger partial charge in [-0.3, -0.25) is 13.9 Å². The fourth-order valence-electron chi connectivity index (χ4n) is 2.36. The zero-order valence-corrected chi connectivity index (χ0v) is 12.0. The summed E-state index contributed by atoms with van der Waals surface area (Å²) in [5.74, 6) is 0.186. The molecule has 0 fully saturated rings. The van der Waals surface area contributed by atoms with Gasteiger partial charge in [0.1, 0.15) is 11.9 Å². The van der Waals surface area contributed by atoms with Crippen LogP contribution >= 0.6 is 0 Å². The number of rotatable bonds is 2. The highest BCUT2D eigenvalue weighted by Crippen LogP contribution is 2.21. The summed E-state index contributed by atoms with van der Waals surface area (Å²) in [6, 6.07) is 9.33. The van der Waals surface area contributed by atoms with E-state index in [2.05, 4.69) is 10.3 Å². The van der Waals surface area contributed by atoms with Crippen molar-refractivity contribution in [1.29, 1.82) is 5.26 Å². The second-order valence-electron chi connectivity index (χ2n) is 4.95. The zero-order valence-electron chi connectivity index (χ0n) is 12.0. The molecule has 0 saturated heterocycles. The summed E-state index contributed by atoms with van der Waals surface area (Å²) in [5.41, 5.74) is 0.458. The summed E-state index contributed by atoms with van der Waals surface area (Å²) in [6.07, 6.45) is 1.82. The highest BCUT2D eigenvalue weighted by molar-refractivity contribution is 5.84. The number of hydrogen-bond donors (Lipinski definition) is 2. The smallest absolute Gasteiger partial charge is 0.332 e. The van der Waals surface area contributed by atoms with Crippen LogP contribution in [0.2, 0.25) is 0 Å². The molecule has 0 radical (unpaired) electrons. The molecule has 2 aromatic heterocycles. The second kappa shape index (κ2) is 4.93. The average Bonchev–Trinajstić information content (AvgIpc) is 2.98. The van der Waals surface area contributed by atoms with Crippen LogP contribution in [0.5, 0.6) is 0 Å². The molecule has 0 spiro atoms. The van der Waals surface area contributed by atoms with Crippen LogP contribution < -0.4 is 16.6 Å². The third-order valence-corrected chi connectivity index (χ3v) is 3.59. The number of nitrogens with zero attached hydrogens (tertiary/aromatic N) is 3. The monoisotopic (exact) mass is 295 g/mol. The van der Waals surface area contributed by atoms with Crippen molar-refractivity contribution in [2.75, 3.05) is 5.32 Å². The van der Waals surface area contributed by atoms with Gasteiger partial charge < -0.3 is 10.3 Å². The molecule has 3 rings (SSSR count). The quantitative estimate of drug-likeness (QED) is 0.742. The molecule has 2 N–H and O–H groups in total. The van der Waals surface area contributed by atoms with Crippen molar-refractivity contribution in [1.82, 2.24) is 14.1 Å². The van der Waals surface area contributed by atoms with Gasteiger partial charge in [0.2, 0.25) is 0 Å². The van der Waals surface area contributed by atoms with Crippen LogP contribution in [0.25, 0.3) is 10.9 Å². The lowest BCUT2D eigenvalue weighted by molar-refractivity contribution is 0.689. The molecule has 22 heavy (non-hydrogen) atoms. The van der Waals surface area contributed by atoms with Gasteiger partial charge in [0, 0.05) is 36.9 Å². The number of nitrogens with one attached hydrogen (secondary N) is 2. The van der Waals surface area contributed by atoms with E-state index in [-0.39, 0.29) is 11.4 Å². The van der Waals surface area contributed by atoms with Gasteiger partial charge >= 0.3 is 5.69 Å². The van der Waals surface area contributed by atoms with Crippen LogP contribution in [0, 0.1) is 11.3 Å². The number of benzene rings is 1. The molecule has 1 aromatic carbocycles. The third-order valence-electron chi connectivity index (χ3n) is 3.59. The summed E-state index contributed by atoms with van der Waals surface area (Å²) >= 11 is 0. The van der Waals surface area contributed by atoms with Crippen molar-refractivity contribution in [3.05, 3.63) is 56.9 Å². The van der Waals surface area contributed by atoms with Gasteiger partial charge in [-0.25, -0.2) is 4.79 Å². The summed E-state index contributed by atoms with van der Waals surface area (Å²) < 4.78 is 2.17. The van der Waals surface area contributed by atoms with Gasteiger partial charge in [0.05, 0.1) is 0 Å². The van der Waals surface area contributed by atoms with E-state index >= 15 is 0 Å². The first-order chi connectivity index (χ1) is 10.5. The Morgan fingerprint density at radius 2 is 1.95 bits per heavy atom. The molecule has 0 aliphatic rings. The number of nitriles is 1. The number of aromatic nitrogens is 3. The third kappa shape index (κ3) is 1.98. The van der Waals surface area contributed by atoms with E-state index in [0.717, 1.165) is 15.5 Å². The molecule has 2 heterocycles. The van der Waals surface area contributed by atoms with E-state index in [9.17, 15) is 14.9 Å². The Morgan fingerprint density at radius 1 is 1.18 bits per heavy atom. The first-order valence-corrected chi connectivity index (χ1v) is 6.57. The number of aromatic amines is 1. The molecule has 0 bridgehead atoms. The van der Waals surface area contributed by atoms with Gasteiger partial charge in [-0.05, 0) is 24.3 Å². The lowest BCUT2D eigenvalue weighted by Crippen LogP contribution is -2.39.